The summed E-state index contributed by atoms with van der Waals surface area (Å²) in [6.07, 6.45) is 3.27. The zero-order chi connectivity index (χ0) is 17.3. The molecule has 0 saturated carbocycles. The summed E-state index contributed by atoms with van der Waals surface area (Å²) in [7, 11) is -1.37. The first-order valence-corrected chi connectivity index (χ1v) is 12.3. The maximum Gasteiger partial charge on any atom is 0.0799 e. The van der Waals surface area contributed by atoms with E-state index in [9.17, 15) is 0 Å². The van der Waals surface area contributed by atoms with Crippen LogP contribution in [0.1, 0.15) is 19.4 Å². The van der Waals surface area contributed by atoms with Crippen molar-refractivity contribution in [2.24, 2.45) is 5.92 Å². The van der Waals surface area contributed by atoms with Crippen molar-refractivity contribution in [3.8, 4) is 11.3 Å². The van der Waals surface area contributed by atoms with E-state index in [-0.39, 0.29) is 0 Å². The van der Waals surface area contributed by atoms with E-state index in [2.05, 4.69) is 88.2 Å². The second-order valence-corrected chi connectivity index (χ2v) is 13.2. The SMILES string of the molecule is CC(C)Cc1cc(-c2ccc3ccccc3c2)ncc1[Si](C)(C)C. The van der Waals surface area contributed by atoms with E-state index in [0.717, 1.165) is 12.1 Å². The second-order valence-electron chi connectivity index (χ2n) is 8.14. The molecule has 0 saturated heterocycles. The normalized spacial score (nSPS) is 12.1. The smallest absolute Gasteiger partial charge is 0.0799 e. The zero-order valence-corrected chi connectivity index (χ0v) is 16.4. The monoisotopic (exact) mass is 333 g/mol. The molecule has 3 aromatic rings. The van der Waals surface area contributed by atoms with E-state index in [4.69, 9.17) is 4.98 Å². The quantitative estimate of drug-likeness (QED) is 0.563. The number of pyridine rings is 1. The third-order valence-corrected chi connectivity index (χ3v) is 6.54. The van der Waals surface area contributed by atoms with Crippen LogP contribution in [-0.4, -0.2) is 13.1 Å². The van der Waals surface area contributed by atoms with Crippen molar-refractivity contribution in [1.82, 2.24) is 4.98 Å². The number of hydrogen-bond acceptors (Lipinski definition) is 1. The topological polar surface area (TPSA) is 12.9 Å². The molecule has 0 spiro atoms. The Labute approximate surface area is 146 Å². The molecule has 0 fully saturated rings. The number of nitrogens with zero attached hydrogens (tertiary/aromatic N) is 1. The molecular weight excluding hydrogens is 306 g/mol. The van der Waals surface area contributed by atoms with Gasteiger partial charge in [0, 0.05) is 11.8 Å². The van der Waals surface area contributed by atoms with Gasteiger partial charge in [-0.2, -0.15) is 0 Å². The Morgan fingerprint density at radius 3 is 2.29 bits per heavy atom. The molecule has 1 aromatic heterocycles. The van der Waals surface area contributed by atoms with Gasteiger partial charge in [-0.15, -0.1) is 0 Å². The summed E-state index contributed by atoms with van der Waals surface area (Å²) in [6.45, 7) is 11.8. The summed E-state index contributed by atoms with van der Waals surface area (Å²) in [6, 6.07) is 17.5. The lowest BCUT2D eigenvalue weighted by Gasteiger charge is -2.22. The van der Waals surface area contributed by atoms with Crippen molar-refractivity contribution < 1.29 is 0 Å². The van der Waals surface area contributed by atoms with Crippen molar-refractivity contribution in [3.05, 3.63) is 60.3 Å². The first-order valence-electron chi connectivity index (χ1n) is 8.83. The van der Waals surface area contributed by atoms with Crippen LogP contribution in [0.4, 0.5) is 0 Å². The summed E-state index contributed by atoms with van der Waals surface area (Å²) in [5.74, 6) is 0.659. The van der Waals surface area contributed by atoms with Crippen molar-refractivity contribution in [3.63, 3.8) is 0 Å². The van der Waals surface area contributed by atoms with Gasteiger partial charge in [-0.05, 0) is 46.0 Å². The maximum absolute atomic E-state index is 4.82. The molecule has 1 heterocycles. The Balaban J connectivity index is 2.09. The van der Waals surface area contributed by atoms with E-state index >= 15 is 0 Å². The third kappa shape index (κ3) is 3.59. The first kappa shape index (κ1) is 16.9. The predicted octanol–water partition coefficient (Wildman–Crippen LogP) is 5.65. The molecule has 0 aliphatic rings. The minimum Gasteiger partial charge on any atom is -0.256 e. The van der Waals surface area contributed by atoms with E-state index in [0.29, 0.717) is 5.92 Å². The Hall–Kier alpha value is -1.93. The van der Waals surface area contributed by atoms with Crippen LogP contribution in [-0.2, 0) is 6.42 Å². The highest BCUT2D eigenvalue weighted by molar-refractivity contribution is 6.89. The summed E-state index contributed by atoms with van der Waals surface area (Å²) in [5.41, 5.74) is 3.79. The number of hydrogen-bond donors (Lipinski definition) is 0. The van der Waals surface area contributed by atoms with Crippen LogP contribution in [0.15, 0.2) is 54.7 Å². The Kier molecular flexibility index (Phi) is 4.59. The van der Waals surface area contributed by atoms with Gasteiger partial charge in [-0.1, -0.05) is 69.9 Å². The van der Waals surface area contributed by atoms with Gasteiger partial charge in [0.15, 0.2) is 0 Å². The van der Waals surface area contributed by atoms with Crippen molar-refractivity contribution in [2.75, 3.05) is 0 Å². The molecular formula is C22H27NSi. The highest BCUT2D eigenvalue weighted by Crippen LogP contribution is 2.24. The fourth-order valence-electron chi connectivity index (χ4n) is 3.29. The average molecular weight is 334 g/mol. The standard InChI is InChI=1S/C22H27NSi/c1-16(2)12-20-14-21(23-15-22(20)24(3,4)5)19-11-10-17-8-6-7-9-18(17)13-19/h6-11,13-16H,12H2,1-5H3. The fraction of sp³-hybridized carbons (Fsp3) is 0.318. The average Bonchev–Trinajstić information content (AvgIpc) is 2.52. The van der Waals surface area contributed by atoms with E-state index in [1.54, 1.807) is 0 Å². The van der Waals surface area contributed by atoms with E-state index in [1.807, 2.05) is 0 Å². The molecule has 0 unspecified atom stereocenters. The van der Waals surface area contributed by atoms with Gasteiger partial charge in [-0.3, -0.25) is 4.98 Å². The molecule has 0 aliphatic carbocycles. The summed E-state index contributed by atoms with van der Waals surface area (Å²) in [5, 5.41) is 4.06. The molecule has 0 bridgehead atoms. The van der Waals surface area contributed by atoms with Crippen molar-refractivity contribution in [1.29, 1.82) is 0 Å². The van der Waals surface area contributed by atoms with Gasteiger partial charge in [0.05, 0.1) is 13.8 Å². The molecule has 1 nitrogen and oxygen atoms in total. The molecule has 3 rings (SSSR count). The van der Waals surface area contributed by atoms with Crippen LogP contribution in [0.2, 0.25) is 19.6 Å². The largest absolute Gasteiger partial charge is 0.256 e. The molecule has 0 N–H and O–H groups in total. The third-order valence-electron chi connectivity index (χ3n) is 4.47. The minimum absolute atomic E-state index is 0.659. The molecule has 0 amide bonds. The molecule has 2 aromatic carbocycles. The molecule has 24 heavy (non-hydrogen) atoms. The second kappa shape index (κ2) is 6.52. The Bertz CT molecular complexity index is 859. The molecule has 0 atom stereocenters. The van der Waals surface area contributed by atoms with Gasteiger partial charge < -0.3 is 0 Å². The molecule has 124 valence electrons. The maximum atomic E-state index is 4.82. The van der Waals surface area contributed by atoms with Crippen LogP contribution in [0, 0.1) is 5.92 Å². The van der Waals surface area contributed by atoms with Crippen molar-refractivity contribution in [2.45, 2.75) is 39.9 Å². The fourth-order valence-corrected chi connectivity index (χ4v) is 4.88. The van der Waals surface area contributed by atoms with Gasteiger partial charge in [0.1, 0.15) is 0 Å². The molecule has 0 aliphatic heterocycles. The van der Waals surface area contributed by atoms with Crippen LogP contribution >= 0.6 is 0 Å². The summed E-state index contributed by atoms with van der Waals surface area (Å²) >= 11 is 0. The lowest BCUT2D eigenvalue weighted by Crippen LogP contribution is -2.40. The number of aromatic nitrogens is 1. The lowest BCUT2D eigenvalue weighted by atomic mass is 10.00. The lowest BCUT2D eigenvalue weighted by molar-refractivity contribution is 0.649. The van der Waals surface area contributed by atoms with Gasteiger partial charge in [0.25, 0.3) is 0 Å². The highest BCUT2D eigenvalue weighted by atomic mass is 28.3. The first-order chi connectivity index (χ1) is 11.3. The number of rotatable bonds is 4. The van der Waals surface area contributed by atoms with Crippen molar-refractivity contribution >= 4 is 24.0 Å². The van der Waals surface area contributed by atoms with E-state index in [1.165, 1.54) is 27.1 Å². The molecule has 0 radical (unpaired) electrons. The van der Waals surface area contributed by atoms with Crippen LogP contribution in [0.25, 0.3) is 22.0 Å². The van der Waals surface area contributed by atoms with Crippen LogP contribution < -0.4 is 5.19 Å². The summed E-state index contributed by atoms with van der Waals surface area (Å²) < 4.78 is 0. The number of fused-ring (bicyclic) bond motifs is 1. The van der Waals surface area contributed by atoms with Gasteiger partial charge in [0.2, 0.25) is 0 Å². The Morgan fingerprint density at radius 1 is 0.917 bits per heavy atom. The summed E-state index contributed by atoms with van der Waals surface area (Å²) in [4.78, 5) is 4.82. The Morgan fingerprint density at radius 2 is 1.62 bits per heavy atom. The van der Waals surface area contributed by atoms with E-state index < -0.39 is 8.07 Å². The highest BCUT2D eigenvalue weighted by Gasteiger charge is 2.21. The minimum atomic E-state index is -1.37. The van der Waals surface area contributed by atoms with Gasteiger partial charge >= 0.3 is 0 Å². The van der Waals surface area contributed by atoms with Crippen LogP contribution in [0.3, 0.4) is 0 Å². The van der Waals surface area contributed by atoms with Crippen LogP contribution in [0.5, 0.6) is 0 Å². The molecule has 2 heteroatoms. The van der Waals surface area contributed by atoms with Gasteiger partial charge in [-0.25, -0.2) is 0 Å². The predicted molar refractivity (Wildman–Crippen MR) is 109 cm³/mol. The number of benzene rings is 2. The zero-order valence-electron chi connectivity index (χ0n) is 15.4.